The minimum absolute atomic E-state index is 0.0499. The zero-order valence-corrected chi connectivity index (χ0v) is 17.1. The highest BCUT2D eigenvalue weighted by atomic mass is 79.9. The first kappa shape index (κ1) is 20.4. The van der Waals surface area contributed by atoms with Gasteiger partial charge in [0.05, 0.1) is 5.02 Å². The first-order valence-electron chi connectivity index (χ1n) is 8.71. The molecule has 0 fully saturated rings. The van der Waals surface area contributed by atoms with Crippen molar-refractivity contribution in [2.75, 3.05) is 5.32 Å². The van der Waals surface area contributed by atoms with Crippen molar-refractivity contribution in [3.8, 4) is 0 Å². The van der Waals surface area contributed by atoms with Crippen molar-refractivity contribution in [2.24, 2.45) is 5.92 Å². The predicted octanol–water partition coefficient (Wildman–Crippen LogP) is 3.94. The molecule has 3 rings (SSSR count). The molecule has 3 N–H and O–H groups in total. The highest BCUT2D eigenvalue weighted by molar-refractivity contribution is 9.10. The summed E-state index contributed by atoms with van der Waals surface area (Å²) < 4.78 is 0.636. The van der Waals surface area contributed by atoms with Crippen molar-refractivity contribution in [2.45, 2.75) is 25.3 Å². The minimum atomic E-state index is -1.21. The maximum Gasteiger partial charge on any atom is 0.330 e. The minimum Gasteiger partial charge on any atom is -0.479 e. The van der Waals surface area contributed by atoms with Gasteiger partial charge in [-0.05, 0) is 58.1 Å². The highest BCUT2D eigenvalue weighted by Gasteiger charge is 2.28. The summed E-state index contributed by atoms with van der Waals surface area (Å²) in [4.78, 5) is 36.2. The van der Waals surface area contributed by atoms with Gasteiger partial charge in [0.2, 0.25) is 11.8 Å². The lowest BCUT2D eigenvalue weighted by Crippen LogP contribution is -2.35. The molecule has 1 heterocycles. The number of amides is 2. The van der Waals surface area contributed by atoms with Gasteiger partial charge in [0.25, 0.3) is 0 Å². The van der Waals surface area contributed by atoms with Crippen LogP contribution in [0.25, 0.3) is 0 Å². The first-order chi connectivity index (χ1) is 13.3. The van der Waals surface area contributed by atoms with Crippen LogP contribution in [-0.4, -0.2) is 22.9 Å². The topological polar surface area (TPSA) is 95.5 Å². The molecule has 0 radical (unpaired) electrons. The Bertz CT molecular complexity index is 934. The average Bonchev–Trinajstić information content (AvgIpc) is 2.66. The summed E-state index contributed by atoms with van der Waals surface area (Å²) in [5.74, 6) is -2.07. The molecule has 1 aliphatic rings. The maximum atomic E-state index is 12.3. The van der Waals surface area contributed by atoms with Crippen LogP contribution in [0.2, 0.25) is 5.02 Å². The second-order valence-electron chi connectivity index (χ2n) is 6.60. The molecule has 0 saturated heterocycles. The monoisotopic (exact) mass is 464 g/mol. The quantitative estimate of drug-likeness (QED) is 0.602. The van der Waals surface area contributed by atoms with E-state index < -0.39 is 17.9 Å². The molecule has 2 aromatic carbocycles. The molecule has 8 heteroatoms. The Kier molecular flexibility index (Phi) is 6.36. The number of anilines is 1. The molecule has 0 saturated carbocycles. The predicted molar refractivity (Wildman–Crippen MR) is 109 cm³/mol. The van der Waals surface area contributed by atoms with Crippen LogP contribution >= 0.6 is 27.5 Å². The number of hydrogen-bond donors (Lipinski definition) is 3. The second-order valence-corrected chi connectivity index (χ2v) is 7.86. The smallest absolute Gasteiger partial charge is 0.330 e. The van der Waals surface area contributed by atoms with E-state index in [1.165, 1.54) is 6.07 Å². The van der Waals surface area contributed by atoms with E-state index >= 15 is 0 Å². The number of aliphatic carboxylic acids is 1. The van der Waals surface area contributed by atoms with Gasteiger partial charge in [0.15, 0.2) is 6.04 Å². The molecular weight excluding hydrogens is 448 g/mol. The van der Waals surface area contributed by atoms with E-state index in [-0.39, 0.29) is 18.2 Å². The number of rotatable bonds is 6. The Hall–Kier alpha value is -2.38. The van der Waals surface area contributed by atoms with Crippen molar-refractivity contribution in [3.05, 3.63) is 63.1 Å². The molecule has 2 unspecified atom stereocenters. The summed E-state index contributed by atoms with van der Waals surface area (Å²) in [5.41, 5.74) is 2.20. The fraction of sp³-hybridized carbons (Fsp3) is 0.250. The van der Waals surface area contributed by atoms with Crippen molar-refractivity contribution < 1.29 is 19.5 Å². The standard InChI is InChI=1S/C20H18BrClN2O4/c21-14-7-5-12(10-15(14)22)18(20(27)28)24-17(25)8-6-13-9-11-3-1-2-4-16(11)23-19(13)26/h1-5,7,10,13,18H,6,8-9H2,(H,23,26)(H,24,25)(H,27,28). The van der Waals surface area contributed by atoms with Gasteiger partial charge in [-0.3, -0.25) is 9.59 Å². The Labute approximate surface area is 175 Å². The molecule has 2 aromatic rings. The number of hydrogen-bond acceptors (Lipinski definition) is 3. The van der Waals surface area contributed by atoms with Gasteiger partial charge in [-0.2, -0.15) is 0 Å². The molecule has 146 valence electrons. The number of nitrogens with one attached hydrogen (secondary N) is 2. The van der Waals surface area contributed by atoms with Crippen LogP contribution in [-0.2, 0) is 20.8 Å². The Morgan fingerprint density at radius 1 is 1.29 bits per heavy atom. The van der Waals surface area contributed by atoms with Gasteiger partial charge in [-0.25, -0.2) is 4.79 Å². The fourth-order valence-electron chi connectivity index (χ4n) is 3.16. The Morgan fingerprint density at radius 2 is 2.04 bits per heavy atom. The van der Waals surface area contributed by atoms with E-state index in [0.29, 0.717) is 27.9 Å². The van der Waals surface area contributed by atoms with E-state index in [1.54, 1.807) is 12.1 Å². The molecule has 1 aliphatic heterocycles. The molecule has 0 spiro atoms. The average molecular weight is 466 g/mol. The Morgan fingerprint density at radius 3 is 2.75 bits per heavy atom. The van der Waals surface area contributed by atoms with E-state index in [9.17, 15) is 19.5 Å². The van der Waals surface area contributed by atoms with Crippen molar-refractivity contribution in [1.82, 2.24) is 5.32 Å². The van der Waals surface area contributed by atoms with E-state index in [2.05, 4.69) is 26.6 Å². The van der Waals surface area contributed by atoms with Gasteiger partial charge in [-0.15, -0.1) is 0 Å². The molecular formula is C20H18BrClN2O4. The summed E-state index contributed by atoms with van der Waals surface area (Å²) in [6.45, 7) is 0. The third-order valence-electron chi connectivity index (χ3n) is 4.66. The van der Waals surface area contributed by atoms with E-state index in [0.717, 1.165) is 11.3 Å². The lowest BCUT2D eigenvalue weighted by atomic mass is 9.89. The number of carbonyl (C=O) groups is 3. The van der Waals surface area contributed by atoms with Crippen LogP contribution in [0.1, 0.15) is 30.0 Å². The van der Waals surface area contributed by atoms with Crippen molar-refractivity contribution in [3.63, 3.8) is 0 Å². The lowest BCUT2D eigenvalue weighted by molar-refractivity contribution is -0.142. The van der Waals surface area contributed by atoms with Gasteiger partial charge >= 0.3 is 5.97 Å². The Balaban J connectivity index is 1.62. The third kappa shape index (κ3) is 4.72. The normalized spacial score (nSPS) is 16.6. The molecule has 0 bridgehead atoms. The van der Waals surface area contributed by atoms with Gasteiger partial charge in [-0.1, -0.05) is 35.9 Å². The number of benzene rings is 2. The zero-order chi connectivity index (χ0) is 20.3. The van der Waals surface area contributed by atoms with Crippen LogP contribution in [0, 0.1) is 5.92 Å². The summed E-state index contributed by atoms with van der Waals surface area (Å²) in [5, 5.41) is 15.2. The van der Waals surface area contributed by atoms with Crippen LogP contribution in [0.3, 0.4) is 0 Å². The first-order valence-corrected chi connectivity index (χ1v) is 9.88. The van der Waals surface area contributed by atoms with Crippen molar-refractivity contribution >= 4 is 51.0 Å². The van der Waals surface area contributed by atoms with Gasteiger partial charge in [0.1, 0.15) is 0 Å². The zero-order valence-electron chi connectivity index (χ0n) is 14.7. The number of carboxylic acid groups (broad SMARTS) is 1. The molecule has 28 heavy (non-hydrogen) atoms. The molecule has 6 nitrogen and oxygen atoms in total. The molecule has 2 amide bonds. The summed E-state index contributed by atoms with van der Waals surface area (Å²) >= 11 is 9.27. The largest absolute Gasteiger partial charge is 0.479 e. The number of carboxylic acids is 1. The van der Waals surface area contributed by atoms with Crippen LogP contribution in [0.4, 0.5) is 5.69 Å². The van der Waals surface area contributed by atoms with Crippen LogP contribution < -0.4 is 10.6 Å². The number of carbonyl (C=O) groups excluding carboxylic acids is 2. The van der Waals surface area contributed by atoms with Crippen molar-refractivity contribution in [1.29, 1.82) is 0 Å². The fourth-order valence-corrected chi connectivity index (χ4v) is 3.60. The molecule has 2 atom stereocenters. The molecule has 0 aliphatic carbocycles. The second kappa shape index (κ2) is 8.75. The number of halogens is 2. The summed E-state index contributed by atoms with van der Waals surface area (Å²) in [6, 6.07) is 11.0. The third-order valence-corrected chi connectivity index (χ3v) is 5.89. The maximum absolute atomic E-state index is 12.3. The van der Waals surface area contributed by atoms with Crippen LogP contribution in [0.15, 0.2) is 46.9 Å². The van der Waals surface area contributed by atoms with Gasteiger partial charge in [0, 0.05) is 22.5 Å². The summed E-state index contributed by atoms with van der Waals surface area (Å²) in [6.07, 6.45) is 0.938. The number of para-hydroxylation sites is 1. The van der Waals surface area contributed by atoms with Crippen LogP contribution in [0.5, 0.6) is 0 Å². The van der Waals surface area contributed by atoms with Gasteiger partial charge < -0.3 is 15.7 Å². The number of fused-ring (bicyclic) bond motifs is 1. The highest BCUT2D eigenvalue weighted by Crippen LogP contribution is 2.28. The van der Waals surface area contributed by atoms with E-state index in [4.69, 9.17) is 11.6 Å². The summed E-state index contributed by atoms with van der Waals surface area (Å²) in [7, 11) is 0. The molecule has 0 aromatic heterocycles. The van der Waals surface area contributed by atoms with E-state index in [1.807, 2.05) is 24.3 Å². The SMILES string of the molecule is O=C(CCC1Cc2ccccc2NC1=O)NC(C(=O)O)c1ccc(Br)c(Cl)c1. The lowest BCUT2D eigenvalue weighted by Gasteiger charge is -2.24.